The average Bonchev–Trinajstić information content (AvgIpc) is 2.81. The van der Waals surface area contributed by atoms with Gasteiger partial charge in [-0.2, -0.15) is 0 Å². The van der Waals surface area contributed by atoms with Crippen molar-refractivity contribution in [3.8, 4) is 23.0 Å². The minimum absolute atomic E-state index is 0.139. The predicted octanol–water partition coefficient (Wildman–Crippen LogP) is 8.20. The summed E-state index contributed by atoms with van der Waals surface area (Å²) in [6.45, 7) is 2.12. The SMILES string of the molecule is CCCCCc1ccc(C#Cc2ccc(-c3ccc4c(F)c(F)ccc4c3)c(F)c2)c(F)c1. The second-order valence-corrected chi connectivity index (χ2v) is 8.01. The molecule has 0 heterocycles. The quantitative estimate of drug-likeness (QED) is 0.165. The maximum atomic E-state index is 14.8. The van der Waals surface area contributed by atoms with Gasteiger partial charge in [0, 0.05) is 16.5 Å². The van der Waals surface area contributed by atoms with Crippen LogP contribution in [0.2, 0.25) is 0 Å². The van der Waals surface area contributed by atoms with Gasteiger partial charge in [-0.1, -0.05) is 61.9 Å². The Morgan fingerprint density at radius 3 is 2.30 bits per heavy atom. The van der Waals surface area contributed by atoms with Crippen molar-refractivity contribution in [2.24, 2.45) is 0 Å². The maximum Gasteiger partial charge on any atom is 0.166 e. The second kappa shape index (κ2) is 9.92. The summed E-state index contributed by atoms with van der Waals surface area (Å²) in [5, 5.41) is 0.614. The van der Waals surface area contributed by atoms with Crippen LogP contribution in [0.5, 0.6) is 0 Å². The molecule has 0 radical (unpaired) electrons. The minimum atomic E-state index is -0.925. The molecule has 0 N–H and O–H groups in total. The predicted molar refractivity (Wildman–Crippen MR) is 125 cm³/mol. The van der Waals surface area contributed by atoms with Gasteiger partial charge in [-0.05, 0) is 65.8 Å². The van der Waals surface area contributed by atoms with Gasteiger partial charge in [-0.15, -0.1) is 0 Å². The molecule has 0 atom stereocenters. The summed E-state index contributed by atoms with van der Waals surface area (Å²) >= 11 is 0. The molecule has 0 aliphatic carbocycles. The molecule has 4 aromatic carbocycles. The lowest BCUT2D eigenvalue weighted by Gasteiger charge is -2.07. The third-order valence-electron chi connectivity index (χ3n) is 5.63. The van der Waals surface area contributed by atoms with Gasteiger partial charge >= 0.3 is 0 Å². The van der Waals surface area contributed by atoms with Gasteiger partial charge in [-0.25, -0.2) is 17.6 Å². The lowest BCUT2D eigenvalue weighted by Crippen LogP contribution is -1.91. The number of aryl methyl sites for hydroxylation is 1. The van der Waals surface area contributed by atoms with E-state index in [2.05, 4.69) is 18.8 Å². The fourth-order valence-corrected chi connectivity index (χ4v) is 3.79. The molecule has 0 fully saturated rings. The van der Waals surface area contributed by atoms with Crippen molar-refractivity contribution in [3.63, 3.8) is 0 Å². The van der Waals surface area contributed by atoms with E-state index in [0.29, 0.717) is 22.1 Å². The first kappa shape index (κ1) is 22.6. The zero-order chi connectivity index (χ0) is 23.4. The molecule has 0 unspecified atom stereocenters. The molecule has 0 spiro atoms. The van der Waals surface area contributed by atoms with Gasteiger partial charge in [0.05, 0.1) is 5.56 Å². The second-order valence-electron chi connectivity index (χ2n) is 8.01. The molecule has 0 aliphatic rings. The van der Waals surface area contributed by atoms with Crippen LogP contribution < -0.4 is 0 Å². The monoisotopic (exact) mass is 446 g/mol. The van der Waals surface area contributed by atoms with E-state index >= 15 is 0 Å². The van der Waals surface area contributed by atoms with Crippen LogP contribution in [-0.2, 0) is 6.42 Å². The summed E-state index contributed by atoms with van der Waals surface area (Å²) in [6.07, 6.45) is 4.08. The molecule has 0 nitrogen and oxygen atoms in total. The standard InChI is InChI=1S/C29H22F4/c1-2-3-4-5-19-6-9-21(27(31)16-19)10-7-20-8-13-24(28(32)17-20)22-11-14-25-23(18-22)12-15-26(30)29(25)33/h6,8-9,11-18H,2-5H2,1H3. The number of fused-ring (bicyclic) bond motifs is 1. The molecule has 0 bridgehead atoms. The van der Waals surface area contributed by atoms with E-state index in [4.69, 9.17) is 0 Å². The summed E-state index contributed by atoms with van der Waals surface area (Å²) in [5.41, 5.74) is 2.48. The average molecular weight is 446 g/mol. The fraction of sp³-hybridized carbons (Fsp3) is 0.172. The highest BCUT2D eigenvalue weighted by molar-refractivity contribution is 5.88. The van der Waals surface area contributed by atoms with E-state index in [-0.39, 0.29) is 16.8 Å². The third-order valence-corrected chi connectivity index (χ3v) is 5.63. The van der Waals surface area contributed by atoms with Crippen LogP contribution in [-0.4, -0.2) is 0 Å². The molecule has 0 amide bonds. The van der Waals surface area contributed by atoms with Crippen molar-refractivity contribution in [2.75, 3.05) is 0 Å². The molecule has 0 saturated heterocycles. The molecule has 4 heteroatoms. The Labute approximate surface area is 190 Å². The van der Waals surface area contributed by atoms with Crippen LogP contribution in [0.15, 0.2) is 66.7 Å². The van der Waals surface area contributed by atoms with Crippen molar-refractivity contribution >= 4 is 10.8 Å². The van der Waals surface area contributed by atoms with Crippen LogP contribution in [0.4, 0.5) is 17.6 Å². The Hall–Kier alpha value is -3.58. The number of rotatable bonds is 5. The van der Waals surface area contributed by atoms with E-state index in [1.165, 1.54) is 24.3 Å². The summed E-state index contributed by atoms with van der Waals surface area (Å²) < 4.78 is 56.5. The van der Waals surface area contributed by atoms with E-state index in [0.717, 1.165) is 37.3 Å². The molecule has 4 aromatic rings. The van der Waals surface area contributed by atoms with E-state index in [9.17, 15) is 17.6 Å². The minimum Gasteiger partial charge on any atom is -0.206 e. The summed E-state index contributed by atoms with van der Waals surface area (Å²) in [6, 6.07) is 16.7. The van der Waals surface area contributed by atoms with Crippen LogP contribution in [0.1, 0.15) is 42.9 Å². The third kappa shape index (κ3) is 5.09. The highest BCUT2D eigenvalue weighted by Gasteiger charge is 2.11. The number of unbranched alkanes of at least 4 members (excludes halogenated alkanes) is 2. The van der Waals surface area contributed by atoms with E-state index in [1.807, 2.05) is 6.07 Å². The van der Waals surface area contributed by atoms with Gasteiger partial charge in [0.25, 0.3) is 0 Å². The summed E-state index contributed by atoms with van der Waals surface area (Å²) in [4.78, 5) is 0. The normalized spacial score (nSPS) is 10.8. The Morgan fingerprint density at radius 1 is 0.697 bits per heavy atom. The van der Waals surface area contributed by atoms with E-state index in [1.54, 1.807) is 30.3 Å². The lowest BCUT2D eigenvalue weighted by atomic mass is 9.99. The highest BCUT2D eigenvalue weighted by atomic mass is 19.2. The fourth-order valence-electron chi connectivity index (χ4n) is 3.79. The zero-order valence-corrected chi connectivity index (χ0v) is 18.2. The smallest absolute Gasteiger partial charge is 0.166 e. The Kier molecular flexibility index (Phi) is 6.79. The van der Waals surface area contributed by atoms with Crippen molar-refractivity contribution in [1.82, 2.24) is 0 Å². The molecule has 4 rings (SSSR count). The molecular formula is C29H22F4. The van der Waals surface area contributed by atoms with Gasteiger partial charge < -0.3 is 0 Å². The van der Waals surface area contributed by atoms with Crippen LogP contribution in [0.25, 0.3) is 21.9 Å². The number of halogens is 4. The lowest BCUT2D eigenvalue weighted by molar-refractivity contribution is 0.517. The summed E-state index contributed by atoms with van der Waals surface area (Å²) in [7, 11) is 0. The molecule has 0 aliphatic heterocycles. The first-order chi connectivity index (χ1) is 16.0. The molecule has 0 saturated carbocycles. The Morgan fingerprint density at radius 2 is 1.55 bits per heavy atom. The van der Waals surface area contributed by atoms with Crippen LogP contribution in [0, 0.1) is 35.1 Å². The Bertz CT molecular complexity index is 1380. The van der Waals surface area contributed by atoms with Gasteiger partial charge in [0.2, 0.25) is 0 Å². The molecular weight excluding hydrogens is 424 g/mol. The molecule has 166 valence electrons. The molecule has 0 aromatic heterocycles. The first-order valence-corrected chi connectivity index (χ1v) is 10.9. The topological polar surface area (TPSA) is 0 Å². The van der Waals surface area contributed by atoms with Crippen LogP contribution in [0.3, 0.4) is 0 Å². The Balaban J connectivity index is 1.56. The van der Waals surface area contributed by atoms with Gasteiger partial charge in [0.15, 0.2) is 11.6 Å². The number of benzene rings is 4. The van der Waals surface area contributed by atoms with Crippen molar-refractivity contribution < 1.29 is 17.6 Å². The van der Waals surface area contributed by atoms with Crippen molar-refractivity contribution in [1.29, 1.82) is 0 Å². The number of hydrogen-bond donors (Lipinski definition) is 0. The largest absolute Gasteiger partial charge is 0.206 e. The summed E-state index contributed by atoms with van der Waals surface area (Å²) in [5.74, 6) is 2.86. The van der Waals surface area contributed by atoms with Crippen molar-refractivity contribution in [3.05, 3.63) is 107 Å². The first-order valence-electron chi connectivity index (χ1n) is 10.9. The number of hydrogen-bond acceptors (Lipinski definition) is 0. The van der Waals surface area contributed by atoms with Crippen molar-refractivity contribution in [2.45, 2.75) is 32.6 Å². The van der Waals surface area contributed by atoms with Gasteiger partial charge in [0.1, 0.15) is 11.6 Å². The van der Waals surface area contributed by atoms with Crippen LogP contribution >= 0.6 is 0 Å². The highest BCUT2D eigenvalue weighted by Crippen LogP contribution is 2.29. The zero-order valence-electron chi connectivity index (χ0n) is 18.2. The maximum absolute atomic E-state index is 14.8. The van der Waals surface area contributed by atoms with Gasteiger partial charge in [-0.3, -0.25) is 0 Å². The molecule has 33 heavy (non-hydrogen) atoms. The van der Waals surface area contributed by atoms with E-state index < -0.39 is 17.5 Å².